The Morgan fingerprint density at radius 3 is 2.62 bits per heavy atom. The Labute approximate surface area is 160 Å². The molecular formula is C19H19N3O2S2. The zero-order chi connectivity index (χ0) is 18.4. The van der Waals surface area contributed by atoms with Gasteiger partial charge in [0.2, 0.25) is 5.91 Å². The molecule has 2 amide bonds. The van der Waals surface area contributed by atoms with Crippen molar-refractivity contribution in [2.75, 3.05) is 11.9 Å². The summed E-state index contributed by atoms with van der Waals surface area (Å²) in [6, 6.07) is 13.0. The summed E-state index contributed by atoms with van der Waals surface area (Å²) >= 11 is 2.97. The van der Waals surface area contributed by atoms with Crippen molar-refractivity contribution < 1.29 is 9.59 Å². The Balaban J connectivity index is 1.58. The van der Waals surface area contributed by atoms with E-state index in [1.807, 2.05) is 52.9 Å². The predicted octanol–water partition coefficient (Wildman–Crippen LogP) is 4.05. The van der Waals surface area contributed by atoms with E-state index in [0.29, 0.717) is 29.5 Å². The van der Waals surface area contributed by atoms with Crippen LogP contribution in [0, 0.1) is 0 Å². The number of carbonyl (C=O) groups is 2. The summed E-state index contributed by atoms with van der Waals surface area (Å²) in [7, 11) is 0. The summed E-state index contributed by atoms with van der Waals surface area (Å²) in [5.74, 6) is -0.169. The molecule has 0 saturated carbocycles. The zero-order valence-corrected chi connectivity index (χ0v) is 16.0. The standard InChI is InChI=1S/C19H19N3O2S2/c1-2-22(12-16-9-6-10-25-16)17(23)11-15-13-26-19(20-15)21-18(24)14-7-4-3-5-8-14/h3-10,13H,2,11-12H2,1H3,(H,20,21,24). The first-order valence-electron chi connectivity index (χ1n) is 8.26. The molecular weight excluding hydrogens is 366 g/mol. The van der Waals surface area contributed by atoms with Gasteiger partial charge < -0.3 is 4.90 Å². The summed E-state index contributed by atoms with van der Waals surface area (Å²) in [4.78, 5) is 32.0. The maximum Gasteiger partial charge on any atom is 0.257 e. The second-order valence-electron chi connectivity index (χ2n) is 5.63. The number of amides is 2. The molecule has 0 fully saturated rings. The van der Waals surface area contributed by atoms with E-state index in [-0.39, 0.29) is 18.2 Å². The number of carbonyl (C=O) groups excluding carboxylic acids is 2. The third kappa shape index (κ3) is 4.77. The minimum atomic E-state index is -0.203. The van der Waals surface area contributed by atoms with Crippen molar-refractivity contribution in [1.29, 1.82) is 0 Å². The van der Waals surface area contributed by atoms with E-state index in [4.69, 9.17) is 0 Å². The fourth-order valence-corrected chi connectivity index (χ4v) is 3.86. The van der Waals surface area contributed by atoms with E-state index >= 15 is 0 Å². The van der Waals surface area contributed by atoms with Crippen LogP contribution < -0.4 is 5.32 Å². The number of rotatable bonds is 7. The Morgan fingerprint density at radius 1 is 1.12 bits per heavy atom. The number of aromatic nitrogens is 1. The molecule has 0 aliphatic rings. The van der Waals surface area contributed by atoms with Gasteiger partial charge in [-0.3, -0.25) is 14.9 Å². The normalized spacial score (nSPS) is 10.5. The molecule has 0 atom stereocenters. The van der Waals surface area contributed by atoms with E-state index in [2.05, 4.69) is 10.3 Å². The van der Waals surface area contributed by atoms with E-state index in [1.54, 1.807) is 23.5 Å². The average molecular weight is 386 g/mol. The topological polar surface area (TPSA) is 62.3 Å². The Kier molecular flexibility index (Phi) is 6.14. The summed E-state index contributed by atoms with van der Waals surface area (Å²) in [5.41, 5.74) is 1.25. The van der Waals surface area contributed by atoms with Gasteiger partial charge in [0.25, 0.3) is 5.91 Å². The Morgan fingerprint density at radius 2 is 1.92 bits per heavy atom. The van der Waals surface area contributed by atoms with Gasteiger partial charge >= 0.3 is 0 Å². The number of hydrogen-bond acceptors (Lipinski definition) is 5. The van der Waals surface area contributed by atoms with E-state index in [1.165, 1.54) is 11.3 Å². The van der Waals surface area contributed by atoms with Gasteiger partial charge in [-0.25, -0.2) is 4.98 Å². The second-order valence-corrected chi connectivity index (χ2v) is 7.52. The molecule has 26 heavy (non-hydrogen) atoms. The highest BCUT2D eigenvalue weighted by Gasteiger charge is 2.16. The van der Waals surface area contributed by atoms with Crippen LogP contribution in [0.1, 0.15) is 27.9 Å². The van der Waals surface area contributed by atoms with Crippen molar-refractivity contribution in [3.05, 3.63) is 69.4 Å². The van der Waals surface area contributed by atoms with Gasteiger partial charge in [0.1, 0.15) is 0 Å². The third-order valence-electron chi connectivity index (χ3n) is 3.80. The van der Waals surface area contributed by atoms with Crippen molar-refractivity contribution in [2.45, 2.75) is 19.9 Å². The summed E-state index contributed by atoms with van der Waals surface area (Å²) in [6.45, 7) is 3.24. The molecule has 2 heterocycles. The minimum absolute atomic E-state index is 0.0344. The molecule has 3 rings (SSSR count). The van der Waals surface area contributed by atoms with Crippen LogP contribution in [0.4, 0.5) is 5.13 Å². The van der Waals surface area contributed by atoms with Crippen molar-refractivity contribution in [2.24, 2.45) is 0 Å². The van der Waals surface area contributed by atoms with Crippen LogP contribution in [-0.4, -0.2) is 28.2 Å². The minimum Gasteiger partial charge on any atom is -0.337 e. The first kappa shape index (κ1) is 18.3. The van der Waals surface area contributed by atoms with Gasteiger partial charge in [-0.05, 0) is 30.5 Å². The maximum atomic E-state index is 12.5. The van der Waals surface area contributed by atoms with Gasteiger partial charge in [0.15, 0.2) is 5.13 Å². The third-order valence-corrected chi connectivity index (χ3v) is 5.47. The molecule has 0 spiro atoms. The van der Waals surface area contributed by atoms with Crippen LogP contribution >= 0.6 is 22.7 Å². The molecule has 5 nitrogen and oxygen atoms in total. The van der Waals surface area contributed by atoms with Crippen molar-refractivity contribution in [1.82, 2.24) is 9.88 Å². The van der Waals surface area contributed by atoms with Crippen LogP contribution in [0.15, 0.2) is 53.2 Å². The van der Waals surface area contributed by atoms with Gasteiger partial charge in [0.05, 0.1) is 18.7 Å². The second kappa shape index (κ2) is 8.73. The lowest BCUT2D eigenvalue weighted by Crippen LogP contribution is -2.31. The van der Waals surface area contributed by atoms with Crippen molar-refractivity contribution in [3.8, 4) is 0 Å². The van der Waals surface area contributed by atoms with Gasteiger partial charge in [-0.1, -0.05) is 24.3 Å². The number of nitrogens with zero attached hydrogens (tertiary/aromatic N) is 2. The first-order chi connectivity index (χ1) is 12.7. The summed E-state index contributed by atoms with van der Waals surface area (Å²) < 4.78 is 0. The summed E-state index contributed by atoms with van der Waals surface area (Å²) in [6.07, 6.45) is 0.233. The molecule has 2 aromatic heterocycles. The molecule has 1 N–H and O–H groups in total. The quantitative estimate of drug-likeness (QED) is 0.667. The van der Waals surface area contributed by atoms with Crippen LogP contribution in [0.25, 0.3) is 0 Å². The highest BCUT2D eigenvalue weighted by molar-refractivity contribution is 7.14. The SMILES string of the molecule is CCN(Cc1cccs1)C(=O)Cc1csc(NC(=O)c2ccccc2)n1. The summed E-state index contributed by atoms with van der Waals surface area (Å²) in [5, 5.41) is 7.11. The number of anilines is 1. The molecule has 0 bridgehead atoms. The fraction of sp³-hybridized carbons (Fsp3) is 0.211. The molecule has 0 saturated heterocycles. The molecule has 7 heteroatoms. The highest BCUT2D eigenvalue weighted by atomic mass is 32.1. The number of hydrogen-bond donors (Lipinski definition) is 1. The smallest absolute Gasteiger partial charge is 0.257 e. The number of likely N-dealkylation sites (N-methyl/N-ethyl adjacent to an activating group) is 1. The lowest BCUT2D eigenvalue weighted by atomic mass is 10.2. The molecule has 134 valence electrons. The monoisotopic (exact) mass is 385 g/mol. The van der Waals surface area contributed by atoms with E-state index in [9.17, 15) is 9.59 Å². The number of thiazole rings is 1. The Bertz CT molecular complexity index is 860. The number of thiophene rings is 1. The molecule has 0 radical (unpaired) electrons. The van der Waals surface area contributed by atoms with Crippen LogP contribution in [0.5, 0.6) is 0 Å². The predicted molar refractivity (Wildman–Crippen MR) is 106 cm³/mol. The lowest BCUT2D eigenvalue weighted by Gasteiger charge is -2.19. The largest absolute Gasteiger partial charge is 0.337 e. The van der Waals surface area contributed by atoms with Gasteiger partial charge in [-0.2, -0.15) is 0 Å². The molecule has 3 aromatic rings. The van der Waals surface area contributed by atoms with Gasteiger partial charge in [-0.15, -0.1) is 22.7 Å². The molecule has 0 aliphatic carbocycles. The van der Waals surface area contributed by atoms with E-state index in [0.717, 1.165) is 4.88 Å². The Hall–Kier alpha value is -2.51. The fourth-order valence-electron chi connectivity index (χ4n) is 2.44. The zero-order valence-electron chi connectivity index (χ0n) is 14.3. The van der Waals surface area contributed by atoms with E-state index < -0.39 is 0 Å². The van der Waals surface area contributed by atoms with Crippen molar-refractivity contribution >= 4 is 39.6 Å². The van der Waals surface area contributed by atoms with Gasteiger partial charge in [0, 0.05) is 22.4 Å². The maximum absolute atomic E-state index is 12.5. The first-order valence-corrected chi connectivity index (χ1v) is 10.0. The van der Waals surface area contributed by atoms with Crippen LogP contribution in [0.2, 0.25) is 0 Å². The molecule has 1 aromatic carbocycles. The molecule has 0 unspecified atom stereocenters. The highest BCUT2D eigenvalue weighted by Crippen LogP contribution is 2.18. The average Bonchev–Trinajstić information content (AvgIpc) is 3.32. The number of benzene rings is 1. The van der Waals surface area contributed by atoms with Crippen molar-refractivity contribution in [3.63, 3.8) is 0 Å². The van der Waals surface area contributed by atoms with Crippen LogP contribution in [0.3, 0.4) is 0 Å². The van der Waals surface area contributed by atoms with Crippen LogP contribution in [-0.2, 0) is 17.8 Å². The molecule has 0 aliphatic heterocycles. The number of nitrogens with one attached hydrogen (secondary N) is 1. The lowest BCUT2D eigenvalue weighted by molar-refractivity contribution is -0.130.